The van der Waals surface area contributed by atoms with Gasteiger partial charge in [-0.1, -0.05) is 165 Å². The first-order valence-electron chi connectivity index (χ1n) is 14.4. The van der Waals surface area contributed by atoms with Gasteiger partial charge < -0.3 is 24.8 Å². The zero-order valence-electron chi connectivity index (χ0n) is 25.3. The predicted molar refractivity (Wildman–Crippen MR) is 173 cm³/mol. The largest absolute Gasteiger partial charge is 3.00 e. The second kappa shape index (κ2) is 11.3. The van der Waals surface area contributed by atoms with E-state index in [2.05, 4.69) is 145 Å². The van der Waals surface area contributed by atoms with E-state index in [0.29, 0.717) is 0 Å². The first kappa shape index (κ1) is 32.7. The van der Waals surface area contributed by atoms with Crippen LogP contribution in [0.2, 0.25) is 0 Å². The molecule has 42 heavy (non-hydrogen) atoms. The summed E-state index contributed by atoms with van der Waals surface area (Å²) in [6.45, 7) is 14.2. The molecule has 1 aliphatic carbocycles. The van der Waals surface area contributed by atoms with Crippen LogP contribution in [0.15, 0.2) is 103 Å². The van der Waals surface area contributed by atoms with Crippen LogP contribution in [0.4, 0.5) is 0 Å². The van der Waals surface area contributed by atoms with E-state index in [1.165, 1.54) is 48.6 Å². The fraction of sp³-hybridized carbons (Fsp3) is 0.237. The van der Waals surface area contributed by atoms with Crippen LogP contribution in [0.25, 0.3) is 27.1 Å². The maximum Gasteiger partial charge on any atom is 3.00 e. The van der Waals surface area contributed by atoms with Crippen molar-refractivity contribution < 1.29 is 46.5 Å². The maximum absolute atomic E-state index is 2.53. The molecule has 0 nitrogen and oxygen atoms in total. The SMILES string of the molecule is CC(C)(C)c1ccc2c(c1)[cH-]c1c(C3=CC=CC3)c(C(C)(C)C)c3c(c12)[Si]3(c1ccccc1)c1ccccc1.[Cl-].[Cl-].[Ti+3]. The minimum atomic E-state index is -2.32. The van der Waals surface area contributed by atoms with Crippen LogP contribution in [-0.2, 0) is 32.5 Å². The molecule has 0 spiro atoms. The summed E-state index contributed by atoms with van der Waals surface area (Å²) in [5.41, 5.74) is 6.09. The van der Waals surface area contributed by atoms with Crippen molar-refractivity contribution in [3.63, 3.8) is 0 Å². The molecule has 7 rings (SSSR count). The van der Waals surface area contributed by atoms with E-state index in [9.17, 15) is 0 Å². The molecule has 4 heteroatoms. The Kier molecular flexibility index (Phi) is 8.82. The standard InChI is InChI=1S/C38H37Si.2ClH.Ti/c1-37(2,3)27-21-22-30-26(23-27)24-31-32(25-15-13-14-16-25)34(38(4,5)6)36-35(33(30)31)39(36,28-17-9-7-10-18-28)29-19-11-8-12-20-29;;;/h7-15,17-24H,16H2,1-6H3;2*1H;/q-1;;;+3/p-2. The molecular formula is C38H37Cl2SiTi. The second-order valence-electron chi connectivity index (χ2n) is 13.5. The van der Waals surface area contributed by atoms with E-state index in [4.69, 9.17) is 0 Å². The molecule has 0 bridgehead atoms. The van der Waals surface area contributed by atoms with Gasteiger partial charge >= 0.3 is 21.7 Å². The Bertz CT molecular complexity index is 1790. The summed E-state index contributed by atoms with van der Waals surface area (Å²) in [7, 11) is -2.32. The van der Waals surface area contributed by atoms with Gasteiger partial charge in [0.2, 0.25) is 0 Å². The topological polar surface area (TPSA) is 0 Å². The summed E-state index contributed by atoms with van der Waals surface area (Å²) >= 11 is 0. The zero-order chi connectivity index (χ0) is 27.2. The van der Waals surface area contributed by atoms with Gasteiger partial charge in [0.15, 0.2) is 8.07 Å². The van der Waals surface area contributed by atoms with Crippen molar-refractivity contribution >= 4 is 55.9 Å². The summed E-state index contributed by atoms with van der Waals surface area (Å²) in [6.07, 6.45) is 7.94. The number of allylic oxidation sites excluding steroid dienone is 4. The van der Waals surface area contributed by atoms with E-state index >= 15 is 0 Å². The van der Waals surface area contributed by atoms with Gasteiger partial charge in [0.1, 0.15) is 0 Å². The Morgan fingerprint density at radius 3 is 1.81 bits per heavy atom. The zero-order valence-corrected chi connectivity index (χ0v) is 29.4. The quantitative estimate of drug-likeness (QED) is 0.203. The van der Waals surface area contributed by atoms with Crippen molar-refractivity contribution in [3.05, 3.63) is 120 Å². The van der Waals surface area contributed by atoms with Crippen LogP contribution in [0.3, 0.4) is 0 Å². The van der Waals surface area contributed by atoms with E-state index in [-0.39, 0.29) is 57.4 Å². The van der Waals surface area contributed by atoms with Crippen molar-refractivity contribution in [1.29, 1.82) is 0 Å². The van der Waals surface area contributed by atoms with Crippen molar-refractivity contribution in [2.45, 2.75) is 58.8 Å². The molecule has 0 amide bonds. The van der Waals surface area contributed by atoms with Gasteiger partial charge in [-0.25, -0.2) is 0 Å². The van der Waals surface area contributed by atoms with Crippen molar-refractivity contribution in [1.82, 2.24) is 0 Å². The molecule has 0 saturated heterocycles. The maximum atomic E-state index is 2.53. The van der Waals surface area contributed by atoms with Crippen LogP contribution >= 0.6 is 0 Å². The first-order valence-corrected chi connectivity index (χ1v) is 16.4. The summed E-state index contributed by atoms with van der Waals surface area (Å²) in [6, 6.07) is 32.7. The second-order valence-corrected chi connectivity index (χ2v) is 17.2. The van der Waals surface area contributed by atoms with E-state index in [0.717, 1.165) is 6.42 Å². The molecule has 2 aliphatic rings. The van der Waals surface area contributed by atoms with Crippen molar-refractivity contribution in [3.8, 4) is 0 Å². The van der Waals surface area contributed by atoms with Crippen LogP contribution < -0.4 is 45.6 Å². The number of rotatable bonds is 3. The molecule has 0 N–H and O–H groups in total. The van der Waals surface area contributed by atoms with Gasteiger partial charge in [0.25, 0.3) is 0 Å². The van der Waals surface area contributed by atoms with Crippen molar-refractivity contribution in [2.24, 2.45) is 0 Å². The van der Waals surface area contributed by atoms with Gasteiger partial charge in [0, 0.05) is 0 Å². The monoisotopic (exact) mass is 639 g/mol. The number of fused-ring (bicyclic) bond motifs is 5. The number of halogens is 2. The van der Waals surface area contributed by atoms with E-state index < -0.39 is 8.07 Å². The van der Waals surface area contributed by atoms with Gasteiger partial charge in [-0.3, -0.25) is 0 Å². The first-order chi connectivity index (χ1) is 18.6. The molecule has 5 aromatic carbocycles. The molecule has 0 saturated carbocycles. The minimum absolute atomic E-state index is 0. The Hall–Kier alpha value is -2.26. The molecule has 5 aromatic rings. The van der Waals surface area contributed by atoms with E-state index in [1.807, 2.05) is 0 Å². The fourth-order valence-electron chi connectivity index (χ4n) is 7.22. The average Bonchev–Trinajstić information content (AvgIpc) is 3.22. The molecule has 0 fully saturated rings. The van der Waals surface area contributed by atoms with E-state index in [1.54, 1.807) is 15.9 Å². The number of hydrogen-bond acceptors (Lipinski definition) is 0. The summed E-state index contributed by atoms with van der Waals surface area (Å²) < 4.78 is 0. The smallest absolute Gasteiger partial charge is 1.00 e. The Labute approximate surface area is 279 Å². The molecule has 0 atom stereocenters. The normalized spacial score (nSPS) is 15.0. The summed E-state index contributed by atoms with van der Waals surface area (Å²) in [5.74, 6) is 0. The Balaban J connectivity index is 0.00000135. The molecular weight excluding hydrogens is 603 g/mol. The predicted octanol–water partition coefficient (Wildman–Crippen LogP) is 1.35. The molecule has 211 valence electrons. The fourth-order valence-corrected chi connectivity index (χ4v) is 12.8. The summed E-state index contributed by atoms with van der Waals surface area (Å²) in [4.78, 5) is 0. The average molecular weight is 641 g/mol. The van der Waals surface area contributed by atoms with Crippen LogP contribution in [-0.4, -0.2) is 8.07 Å². The minimum Gasteiger partial charge on any atom is -1.00 e. The third-order valence-electron chi connectivity index (χ3n) is 8.97. The molecule has 1 aliphatic heterocycles. The van der Waals surface area contributed by atoms with Crippen LogP contribution in [0.1, 0.15) is 64.7 Å². The van der Waals surface area contributed by atoms with Gasteiger partial charge in [-0.05, 0) is 27.6 Å². The van der Waals surface area contributed by atoms with Crippen molar-refractivity contribution in [2.75, 3.05) is 0 Å². The Morgan fingerprint density at radius 1 is 0.714 bits per heavy atom. The van der Waals surface area contributed by atoms with Crippen LogP contribution in [0, 0.1) is 0 Å². The molecule has 0 aromatic heterocycles. The molecule has 1 heterocycles. The molecule has 0 unspecified atom stereocenters. The van der Waals surface area contributed by atoms with Gasteiger partial charge in [0.05, 0.1) is 0 Å². The van der Waals surface area contributed by atoms with Crippen LogP contribution in [0.5, 0.6) is 0 Å². The third kappa shape index (κ3) is 4.73. The third-order valence-corrected chi connectivity index (χ3v) is 13.6. The molecule has 1 radical (unpaired) electrons. The number of benzene rings is 4. The van der Waals surface area contributed by atoms with Gasteiger partial charge in [-0.15, -0.1) is 33.7 Å². The van der Waals surface area contributed by atoms with Gasteiger partial charge in [-0.2, -0.15) is 0 Å². The summed E-state index contributed by atoms with van der Waals surface area (Å²) in [5, 5.41) is 12.1. The number of hydrogen-bond donors (Lipinski definition) is 0. The Morgan fingerprint density at radius 2 is 1.31 bits per heavy atom.